The number of carbonyl (C=O) groups is 1. The predicted octanol–water partition coefficient (Wildman–Crippen LogP) is 0.751. The minimum absolute atomic E-state index is 0.366. The monoisotopic (exact) mass is 200 g/mol. The van der Waals surface area contributed by atoms with Crippen molar-refractivity contribution in [2.24, 2.45) is 0 Å². The van der Waals surface area contributed by atoms with E-state index in [2.05, 4.69) is 10.3 Å². The van der Waals surface area contributed by atoms with Crippen LogP contribution in [-0.2, 0) is 10.7 Å². The van der Waals surface area contributed by atoms with E-state index in [-0.39, 0.29) is 0 Å². The van der Waals surface area contributed by atoms with E-state index in [0.717, 1.165) is 5.56 Å². The van der Waals surface area contributed by atoms with Crippen LogP contribution in [0.3, 0.4) is 0 Å². The molecule has 1 aromatic heterocycles. The van der Waals surface area contributed by atoms with Crippen LogP contribution in [0.1, 0.15) is 5.56 Å². The lowest BCUT2D eigenvalue weighted by Gasteiger charge is -2.02. The third kappa shape index (κ3) is 3.01. The van der Waals surface area contributed by atoms with Crippen LogP contribution in [0.5, 0.6) is 0 Å². The zero-order chi connectivity index (χ0) is 9.68. The van der Waals surface area contributed by atoms with Gasteiger partial charge in [-0.05, 0) is 17.7 Å². The highest BCUT2D eigenvalue weighted by Gasteiger charge is 2.00. The molecule has 1 amide bonds. The van der Waals surface area contributed by atoms with Crippen molar-refractivity contribution in [3.05, 3.63) is 23.9 Å². The van der Waals surface area contributed by atoms with E-state index < -0.39 is 12.5 Å². The standard InChI is InChI=1S/C8H9ClN2O2/c9-4-6-1-2-10-7(3-6)11-8(13)5-12/h1-3,12H,4-5H2,(H,10,11,13). The lowest BCUT2D eigenvalue weighted by molar-refractivity contribution is -0.118. The summed E-state index contributed by atoms with van der Waals surface area (Å²) < 4.78 is 0. The van der Waals surface area contributed by atoms with Crippen LogP contribution >= 0.6 is 11.6 Å². The summed E-state index contributed by atoms with van der Waals surface area (Å²) in [5, 5.41) is 10.9. The van der Waals surface area contributed by atoms with Crippen molar-refractivity contribution in [1.82, 2.24) is 4.98 Å². The molecule has 1 rings (SSSR count). The van der Waals surface area contributed by atoms with Gasteiger partial charge < -0.3 is 10.4 Å². The van der Waals surface area contributed by atoms with Gasteiger partial charge in [0, 0.05) is 12.1 Å². The topological polar surface area (TPSA) is 62.2 Å². The average molecular weight is 201 g/mol. The number of aromatic nitrogens is 1. The van der Waals surface area contributed by atoms with E-state index in [1.165, 1.54) is 0 Å². The summed E-state index contributed by atoms with van der Waals surface area (Å²) in [4.78, 5) is 14.6. The molecule has 70 valence electrons. The molecule has 0 fully saturated rings. The molecule has 0 aromatic carbocycles. The van der Waals surface area contributed by atoms with Crippen molar-refractivity contribution < 1.29 is 9.90 Å². The Morgan fingerprint density at radius 3 is 3.08 bits per heavy atom. The zero-order valence-electron chi connectivity index (χ0n) is 6.83. The van der Waals surface area contributed by atoms with E-state index in [1.807, 2.05) is 0 Å². The van der Waals surface area contributed by atoms with Gasteiger partial charge in [-0.1, -0.05) is 0 Å². The van der Waals surface area contributed by atoms with Crippen molar-refractivity contribution in [2.45, 2.75) is 5.88 Å². The number of hydrogen-bond acceptors (Lipinski definition) is 3. The first-order valence-corrected chi connectivity index (χ1v) is 4.21. The minimum Gasteiger partial charge on any atom is -0.387 e. The van der Waals surface area contributed by atoms with Gasteiger partial charge in [0.25, 0.3) is 5.91 Å². The Morgan fingerprint density at radius 2 is 2.46 bits per heavy atom. The molecule has 0 unspecified atom stereocenters. The second-order valence-electron chi connectivity index (χ2n) is 2.39. The third-order valence-corrected chi connectivity index (χ3v) is 1.70. The first-order chi connectivity index (χ1) is 6.26. The van der Waals surface area contributed by atoms with Crippen LogP contribution in [0, 0.1) is 0 Å². The Kier molecular flexibility index (Phi) is 3.67. The Hall–Kier alpha value is -1.13. The molecule has 0 bridgehead atoms. The van der Waals surface area contributed by atoms with Gasteiger partial charge in [-0.2, -0.15) is 0 Å². The normalized spacial score (nSPS) is 9.69. The molecule has 0 saturated carbocycles. The highest BCUT2D eigenvalue weighted by Crippen LogP contribution is 2.08. The molecule has 5 heteroatoms. The number of hydrogen-bond donors (Lipinski definition) is 2. The van der Waals surface area contributed by atoms with E-state index in [0.29, 0.717) is 11.7 Å². The van der Waals surface area contributed by atoms with Crippen molar-refractivity contribution >= 4 is 23.3 Å². The molecule has 0 aliphatic heterocycles. The molecule has 0 aliphatic rings. The number of amides is 1. The second kappa shape index (κ2) is 4.79. The number of nitrogens with one attached hydrogen (secondary N) is 1. The van der Waals surface area contributed by atoms with Crippen LogP contribution in [0.4, 0.5) is 5.82 Å². The number of anilines is 1. The zero-order valence-corrected chi connectivity index (χ0v) is 7.58. The number of nitrogens with zero attached hydrogens (tertiary/aromatic N) is 1. The summed E-state index contributed by atoms with van der Waals surface area (Å²) in [6, 6.07) is 3.40. The first kappa shape index (κ1) is 9.95. The number of rotatable bonds is 3. The molecule has 1 aromatic rings. The van der Waals surface area contributed by atoms with Gasteiger partial charge in [0.15, 0.2) is 0 Å². The summed E-state index contributed by atoms with van der Waals surface area (Å²) in [5.74, 6) is 0.279. The van der Waals surface area contributed by atoms with E-state index in [9.17, 15) is 4.79 Å². The largest absolute Gasteiger partial charge is 0.387 e. The Labute approximate surface area is 80.6 Å². The number of halogens is 1. The van der Waals surface area contributed by atoms with Crippen LogP contribution in [0.25, 0.3) is 0 Å². The average Bonchev–Trinajstić information content (AvgIpc) is 2.18. The molecule has 13 heavy (non-hydrogen) atoms. The molecule has 0 spiro atoms. The number of aliphatic hydroxyl groups is 1. The summed E-state index contributed by atoms with van der Waals surface area (Å²) >= 11 is 5.58. The van der Waals surface area contributed by atoms with Gasteiger partial charge in [-0.3, -0.25) is 4.79 Å². The third-order valence-electron chi connectivity index (χ3n) is 1.39. The van der Waals surface area contributed by atoms with E-state index >= 15 is 0 Å². The van der Waals surface area contributed by atoms with Gasteiger partial charge in [0.1, 0.15) is 12.4 Å². The van der Waals surface area contributed by atoms with E-state index in [1.54, 1.807) is 18.3 Å². The number of alkyl halides is 1. The van der Waals surface area contributed by atoms with Crippen molar-refractivity contribution in [3.63, 3.8) is 0 Å². The van der Waals surface area contributed by atoms with Crippen molar-refractivity contribution in [3.8, 4) is 0 Å². The fraction of sp³-hybridized carbons (Fsp3) is 0.250. The predicted molar refractivity (Wildman–Crippen MR) is 49.5 cm³/mol. The van der Waals surface area contributed by atoms with Gasteiger partial charge >= 0.3 is 0 Å². The quantitative estimate of drug-likeness (QED) is 0.708. The maximum Gasteiger partial charge on any atom is 0.251 e. The van der Waals surface area contributed by atoms with Crippen molar-refractivity contribution in [1.29, 1.82) is 0 Å². The molecule has 0 atom stereocenters. The number of aliphatic hydroxyl groups excluding tert-OH is 1. The lowest BCUT2D eigenvalue weighted by atomic mass is 10.3. The second-order valence-corrected chi connectivity index (χ2v) is 2.66. The van der Waals surface area contributed by atoms with Crippen LogP contribution < -0.4 is 5.32 Å². The molecule has 0 saturated heterocycles. The SMILES string of the molecule is O=C(CO)Nc1cc(CCl)ccn1. The molecule has 0 radical (unpaired) electrons. The minimum atomic E-state index is -0.549. The molecule has 4 nitrogen and oxygen atoms in total. The maximum atomic E-state index is 10.7. The fourth-order valence-electron chi connectivity index (χ4n) is 0.808. The molecule has 0 aliphatic carbocycles. The fourth-order valence-corrected chi connectivity index (χ4v) is 0.974. The highest BCUT2D eigenvalue weighted by atomic mass is 35.5. The highest BCUT2D eigenvalue weighted by molar-refractivity contribution is 6.17. The summed E-state index contributed by atoms with van der Waals surface area (Å²) in [6.45, 7) is -0.549. The molecular formula is C8H9ClN2O2. The van der Waals surface area contributed by atoms with Gasteiger partial charge in [-0.15, -0.1) is 11.6 Å². The van der Waals surface area contributed by atoms with Crippen LogP contribution in [0.15, 0.2) is 18.3 Å². The summed E-state index contributed by atoms with van der Waals surface area (Å²) in [6.07, 6.45) is 1.55. The summed E-state index contributed by atoms with van der Waals surface area (Å²) in [5.41, 5.74) is 0.866. The number of pyridine rings is 1. The first-order valence-electron chi connectivity index (χ1n) is 3.68. The van der Waals surface area contributed by atoms with Crippen LogP contribution in [0.2, 0.25) is 0 Å². The smallest absolute Gasteiger partial charge is 0.251 e. The Bertz CT molecular complexity index is 304. The van der Waals surface area contributed by atoms with E-state index in [4.69, 9.17) is 16.7 Å². The Balaban J connectivity index is 2.71. The molecular weight excluding hydrogens is 192 g/mol. The Morgan fingerprint density at radius 1 is 1.69 bits per heavy atom. The maximum absolute atomic E-state index is 10.7. The van der Waals surface area contributed by atoms with Gasteiger partial charge in [0.05, 0.1) is 0 Å². The van der Waals surface area contributed by atoms with Crippen molar-refractivity contribution in [2.75, 3.05) is 11.9 Å². The molecule has 2 N–H and O–H groups in total. The number of carbonyl (C=O) groups excluding carboxylic acids is 1. The lowest BCUT2D eigenvalue weighted by Crippen LogP contribution is -2.16. The van der Waals surface area contributed by atoms with Crippen LogP contribution in [-0.4, -0.2) is 22.6 Å². The van der Waals surface area contributed by atoms with Gasteiger partial charge in [-0.25, -0.2) is 4.98 Å². The molecule has 1 heterocycles. The van der Waals surface area contributed by atoms with Gasteiger partial charge in [0.2, 0.25) is 0 Å². The summed E-state index contributed by atoms with van der Waals surface area (Å²) in [7, 11) is 0.